The van der Waals surface area contributed by atoms with Crippen molar-refractivity contribution >= 4 is 0 Å². The third-order valence-electron chi connectivity index (χ3n) is 1.51. The molecule has 0 fully saturated rings. The molecule has 0 amide bonds. The zero-order chi connectivity index (χ0) is 9.26. The zero-order valence-corrected chi connectivity index (χ0v) is 6.89. The smallest absolute Gasteiger partial charge is 0.295 e. The first-order valence-electron chi connectivity index (χ1n) is 3.75. The first-order chi connectivity index (χ1) is 6.29. The summed E-state index contributed by atoms with van der Waals surface area (Å²) < 4.78 is 5.94. The fourth-order valence-corrected chi connectivity index (χ4v) is 0.882. The van der Waals surface area contributed by atoms with E-state index in [4.69, 9.17) is 0 Å². The maximum absolute atomic E-state index is 10.6. The van der Waals surface area contributed by atoms with Gasteiger partial charge in [-0.2, -0.15) is 0 Å². The molecule has 0 spiro atoms. The van der Waals surface area contributed by atoms with Gasteiger partial charge in [0.1, 0.15) is 6.33 Å². The number of aromatic amines is 1. The minimum Gasteiger partial charge on any atom is -0.295 e. The normalized spacial score (nSPS) is 10.5. The summed E-state index contributed by atoms with van der Waals surface area (Å²) in [4.78, 5) is 16.9. The Hall–Kier alpha value is -1.92. The van der Waals surface area contributed by atoms with Crippen LogP contribution in [0.2, 0.25) is 0 Å². The predicted molar refractivity (Wildman–Crippen MR) is 41.8 cm³/mol. The quantitative estimate of drug-likeness (QED) is 0.683. The monoisotopic (exact) mass is 181 g/mol. The molecule has 13 heavy (non-hydrogen) atoms. The molecule has 1 N–H and O–H groups in total. The van der Waals surface area contributed by atoms with E-state index >= 15 is 0 Å². The molecule has 0 atom stereocenters. The van der Waals surface area contributed by atoms with E-state index in [9.17, 15) is 4.79 Å². The number of aryl methyl sites for hydroxylation is 1. The predicted octanol–water partition coefficient (Wildman–Crippen LogP) is -0.359. The van der Waals surface area contributed by atoms with Gasteiger partial charge in [0, 0.05) is 6.54 Å². The summed E-state index contributed by atoms with van der Waals surface area (Å²) in [5, 5.41) is 7.48. The largest absolute Gasteiger partial charge is 0.439 e. The van der Waals surface area contributed by atoms with Crippen molar-refractivity contribution in [1.82, 2.24) is 24.9 Å². The first-order valence-corrected chi connectivity index (χ1v) is 3.75. The van der Waals surface area contributed by atoms with Gasteiger partial charge in [-0.15, -0.1) is 5.10 Å². The number of rotatable bonds is 2. The topological polar surface area (TPSA) is 89.6 Å². The molecule has 0 saturated carbocycles. The highest BCUT2D eigenvalue weighted by Crippen LogP contribution is 2.04. The molecule has 2 heterocycles. The van der Waals surface area contributed by atoms with E-state index in [1.165, 1.54) is 0 Å². The van der Waals surface area contributed by atoms with Gasteiger partial charge in [0.15, 0.2) is 0 Å². The number of aromatic nitrogens is 5. The summed E-state index contributed by atoms with van der Waals surface area (Å²) >= 11 is 0. The maximum Gasteiger partial charge on any atom is 0.439 e. The molecule has 7 nitrogen and oxygen atoms in total. The van der Waals surface area contributed by atoms with Crippen molar-refractivity contribution in [2.75, 3.05) is 0 Å². The van der Waals surface area contributed by atoms with Crippen LogP contribution in [0.5, 0.6) is 0 Å². The van der Waals surface area contributed by atoms with Gasteiger partial charge in [0.25, 0.3) is 0 Å². The van der Waals surface area contributed by atoms with Crippen LogP contribution < -0.4 is 5.76 Å². The minimum atomic E-state index is -0.608. The summed E-state index contributed by atoms with van der Waals surface area (Å²) in [6, 6.07) is 0. The lowest BCUT2D eigenvalue weighted by molar-refractivity contribution is 0.387. The number of hydrogen-bond donors (Lipinski definition) is 1. The molecule has 2 aromatic heterocycles. The van der Waals surface area contributed by atoms with Crippen molar-refractivity contribution in [2.45, 2.75) is 13.5 Å². The summed E-state index contributed by atoms with van der Waals surface area (Å²) in [7, 11) is 0. The highest BCUT2D eigenvalue weighted by atomic mass is 16.5. The van der Waals surface area contributed by atoms with E-state index < -0.39 is 5.76 Å². The fourth-order valence-electron chi connectivity index (χ4n) is 0.882. The second kappa shape index (κ2) is 2.85. The van der Waals surface area contributed by atoms with Crippen molar-refractivity contribution in [3.8, 4) is 11.6 Å². The SMILES string of the molecule is CCn1cnc(-c2noc(=O)[nH]2)n1. The third-order valence-corrected chi connectivity index (χ3v) is 1.51. The number of nitrogens with zero attached hydrogens (tertiary/aromatic N) is 4. The molecule has 68 valence electrons. The van der Waals surface area contributed by atoms with Crippen molar-refractivity contribution in [3.05, 3.63) is 16.9 Å². The van der Waals surface area contributed by atoms with Gasteiger partial charge >= 0.3 is 5.76 Å². The minimum absolute atomic E-state index is 0.247. The Labute approximate surface area is 72.4 Å². The van der Waals surface area contributed by atoms with Gasteiger partial charge in [-0.3, -0.25) is 14.2 Å². The summed E-state index contributed by atoms with van der Waals surface area (Å²) in [5.74, 6) is -0.00671. The van der Waals surface area contributed by atoms with Crippen LogP contribution in [0.4, 0.5) is 0 Å². The van der Waals surface area contributed by atoms with E-state index in [0.717, 1.165) is 6.54 Å². The van der Waals surface area contributed by atoms with Crippen LogP contribution in [0, 0.1) is 0 Å². The van der Waals surface area contributed by atoms with Crippen LogP contribution in [-0.2, 0) is 6.54 Å². The summed E-state index contributed by atoms with van der Waals surface area (Å²) in [6.45, 7) is 2.65. The lowest BCUT2D eigenvalue weighted by atomic mass is 10.6. The van der Waals surface area contributed by atoms with Gasteiger partial charge in [-0.05, 0) is 6.92 Å². The molecule has 0 unspecified atom stereocenters. The van der Waals surface area contributed by atoms with Crippen LogP contribution in [0.1, 0.15) is 6.92 Å². The van der Waals surface area contributed by atoms with Gasteiger partial charge in [0.05, 0.1) is 0 Å². The molecule has 0 saturated heterocycles. The Morgan fingerprint density at radius 3 is 3.08 bits per heavy atom. The summed E-state index contributed by atoms with van der Waals surface area (Å²) in [6.07, 6.45) is 1.56. The van der Waals surface area contributed by atoms with E-state index in [0.29, 0.717) is 5.82 Å². The molecule has 0 radical (unpaired) electrons. The van der Waals surface area contributed by atoms with Crippen molar-refractivity contribution in [1.29, 1.82) is 0 Å². The second-order valence-electron chi connectivity index (χ2n) is 2.37. The van der Waals surface area contributed by atoms with E-state index in [-0.39, 0.29) is 5.82 Å². The molecule has 0 bridgehead atoms. The lowest BCUT2D eigenvalue weighted by Crippen LogP contribution is -1.97. The Kier molecular flexibility index (Phi) is 1.69. The highest BCUT2D eigenvalue weighted by Gasteiger charge is 2.08. The van der Waals surface area contributed by atoms with Gasteiger partial charge < -0.3 is 0 Å². The number of nitrogens with one attached hydrogen (secondary N) is 1. The van der Waals surface area contributed by atoms with Gasteiger partial charge in [-0.1, -0.05) is 5.16 Å². The molecule has 0 aliphatic rings. The maximum atomic E-state index is 10.6. The molecule has 7 heteroatoms. The van der Waals surface area contributed by atoms with E-state index in [2.05, 4.69) is 24.7 Å². The highest BCUT2D eigenvalue weighted by molar-refractivity contribution is 5.38. The Balaban J connectivity index is 2.40. The molecule has 0 aliphatic carbocycles. The van der Waals surface area contributed by atoms with Gasteiger partial charge in [-0.25, -0.2) is 9.78 Å². The van der Waals surface area contributed by atoms with E-state index in [1.54, 1.807) is 11.0 Å². The molecular weight excluding hydrogens is 174 g/mol. The van der Waals surface area contributed by atoms with Crippen LogP contribution in [0.3, 0.4) is 0 Å². The zero-order valence-electron chi connectivity index (χ0n) is 6.89. The van der Waals surface area contributed by atoms with Crippen LogP contribution in [-0.4, -0.2) is 24.9 Å². The van der Waals surface area contributed by atoms with Gasteiger partial charge in [0.2, 0.25) is 11.6 Å². The molecule has 2 aromatic rings. The molecule has 0 aromatic carbocycles. The number of H-pyrrole nitrogens is 1. The standard InChI is InChI=1S/C6H7N5O2/c1-2-11-3-7-4(9-11)5-8-6(12)13-10-5/h3H,2H2,1H3,(H,8,10,12). The lowest BCUT2D eigenvalue weighted by Gasteiger charge is -1.88. The Bertz CT molecular complexity index is 453. The average Bonchev–Trinajstić information content (AvgIpc) is 2.71. The Morgan fingerprint density at radius 1 is 1.69 bits per heavy atom. The van der Waals surface area contributed by atoms with Crippen LogP contribution in [0.15, 0.2) is 15.6 Å². The first kappa shape index (κ1) is 7.71. The second-order valence-corrected chi connectivity index (χ2v) is 2.37. The number of hydrogen-bond acceptors (Lipinski definition) is 5. The van der Waals surface area contributed by atoms with Crippen LogP contribution in [0.25, 0.3) is 11.6 Å². The van der Waals surface area contributed by atoms with Crippen molar-refractivity contribution in [2.24, 2.45) is 0 Å². The molecule has 2 rings (SSSR count). The average molecular weight is 181 g/mol. The van der Waals surface area contributed by atoms with Crippen LogP contribution >= 0.6 is 0 Å². The van der Waals surface area contributed by atoms with E-state index in [1.807, 2.05) is 6.92 Å². The molecular formula is C6H7N5O2. The summed E-state index contributed by atoms with van der Waals surface area (Å²) in [5.41, 5.74) is 0. The molecule has 0 aliphatic heterocycles. The van der Waals surface area contributed by atoms with Crippen molar-refractivity contribution in [3.63, 3.8) is 0 Å². The van der Waals surface area contributed by atoms with Crippen molar-refractivity contribution < 1.29 is 4.52 Å². The third kappa shape index (κ3) is 1.35. The Morgan fingerprint density at radius 2 is 2.54 bits per heavy atom. The fraction of sp³-hybridized carbons (Fsp3) is 0.333.